The van der Waals surface area contributed by atoms with Gasteiger partial charge in [0.25, 0.3) is 0 Å². The highest BCUT2D eigenvalue weighted by Gasteiger charge is 2.37. The van der Waals surface area contributed by atoms with Crippen LogP contribution in [0.5, 0.6) is 5.75 Å². The maximum absolute atomic E-state index is 15.5. The van der Waals surface area contributed by atoms with Crippen LogP contribution in [0.25, 0.3) is 22.0 Å². The second-order valence-electron chi connectivity index (χ2n) is 12.9. The van der Waals surface area contributed by atoms with Crippen LogP contribution < -0.4 is 15.5 Å². The molecule has 1 N–H and O–H groups in total. The molecule has 0 spiro atoms. The average Bonchev–Trinajstić information content (AvgIpc) is 2.90. The van der Waals surface area contributed by atoms with Gasteiger partial charge in [0, 0.05) is 18.3 Å². The molecule has 0 unspecified atom stereocenters. The predicted molar refractivity (Wildman–Crippen MR) is 166 cm³/mol. The van der Waals surface area contributed by atoms with Gasteiger partial charge in [-0.2, -0.15) is 0 Å². The summed E-state index contributed by atoms with van der Waals surface area (Å²) >= 11 is 0. The SMILES string of the molecule is COc1ccc(-c2cn(COP(=O)(OC(C)(C)C)OC(C)(C)C)c3c(NCC4CCCCC4)ccc(F)c3c2=O)cc1. The molecule has 2 aromatic carbocycles. The van der Waals surface area contributed by atoms with Crippen molar-refractivity contribution >= 4 is 24.4 Å². The lowest BCUT2D eigenvalue weighted by Gasteiger charge is -2.31. The Balaban J connectivity index is 1.83. The number of fused-ring (bicyclic) bond motifs is 1. The van der Waals surface area contributed by atoms with Crippen LogP contribution in [0.2, 0.25) is 0 Å². The number of nitrogens with zero attached hydrogens (tertiary/aromatic N) is 1. The Morgan fingerprint density at radius 3 is 2.14 bits per heavy atom. The molecule has 1 aromatic heterocycles. The third-order valence-corrected chi connectivity index (χ3v) is 8.98. The van der Waals surface area contributed by atoms with Crippen LogP contribution in [0.15, 0.2) is 47.4 Å². The smallest absolute Gasteiger partial charge is 0.477 e. The third kappa shape index (κ3) is 8.22. The number of hydrogen-bond acceptors (Lipinski definition) is 7. The molecule has 3 aromatic rings. The van der Waals surface area contributed by atoms with E-state index in [0.717, 1.165) is 12.8 Å². The maximum Gasteiger partial charge on any atom is 0.477 e. The van der Waals surface area contributed by atoms with E-state index in [1.165, 1.54) is 25.3 Å². The number of anilines is 1. The molecule has 42 heavy (non-hydrogen) atoms. The van der Waals surface area contributed by atoms with Crippen LogP contribution >= 0.6 is 7.82 Å². The number of nitrogens with one attached hydrogen (secondary N) is 1. The van der Waals surface area contributed by atoms with Crippen molar-refractivity contribution in [1.82, 2.24) is 4.57 Å². The molecular formula is C32H44FN2O6P. The highest BCUT2D eigenvalue weighted by Crippen LogP contribution is 2.55. The fraction of sp³-hybridized carbons (Fsp3) is 0.531. The zero-order valence-electron chi connectivity index (χ0n) is 25.8. The summed E-state index contributed by atoms with van der Waals surface area (Å²) in [5.41, 5.74) is -0.352. The molecule has 0 atom stereocenters. The van der Waals surface area contributed by atoms with Gasteiger partial charge in [0.05, 0.1) is 34.9 Å². The molecule has 1 aliphatic carbocycles. The molecular weight excluding hydrogens is 558 g/mol. The molecule has 230 valence electrons. The molecule has 0 bridgehead atoms. The number of pyridine rings is 1. The van der Waals surface area contributed by atoms with Crippen molar-refractivity contribution in [2.45, 2.75) is 91.6 Å². The van der Waals surface area contributed by atoms with E-state index in [0.29, 0.717) is 35.0 Å². The van der Waals surface area contributed by atoms with Gasteiger partial charge >= 0.3 is 7.82 Å². The first-order valence-electron chi connectivity index (χ1n) is 14.6. The fourth-order valence-corrected chi connectivity index (χ4v) is 6.99. The number of phosphoric ester groups is 1. The van der Waals surface area contributed by atoms with E-state index in [1.807, 2.05) is 0 Å². The minimum Gasteiger partial charge on any atom is -0.497 e. The Kier molecular flexibility index (Phi) is 9.88. The number of aromatic nitrogens is 1. The van der Waals surface area contributed by atoms with Crippen molar-refractivity contribution < 1.29 is 27.3 Å². The molecule has 1 fully saturated rings. The molecule has 1 saturated carbocycles. The van der Waals surface area contributed by atoms with Crippen LogP contribution in [0.1, 0.15) is 73.6 Å². The van der Waals surface area contributed by atoms with E-state index in [1.54, 1.807) is 89.7 Å². The maximum atomic E-state index is 15.5. The Hall–Kier alpha value is -2.71. The largest absolute Gasteiger partial charge is 0.497 e. The molecule has 0 saturated heterocycles. The summed E-state index contributed by atoms with van der Waals surface area (Å²) in [5.74, 6) is 0.472. The second-order valence-corrected chi connectivity index (χ2v) is 14.4. The van der Waals surface area contributed by atoms with Crippen molar-refractivity contribution in [2.75, 3.05) is 19.0 Å². The van der Waals surface area contributed by atoms with E-state index in [-0.39, 0.29) is 17.7 Å². The van der Waals surface area contributed by atoms with E-state index in [4.69, 9.17) is 18.3 Å². The summed E-state index contributed by atoms with van der Waals surface area (Å²) < 4.78 is 53.8. The van der Waals surface area contributed by atoms with Gasteiger partial charge in [-0.25, -0.2) is 8.96 Å². The summed E-state index contributed by atoms with van der Waals surface area (Å²) in [6, 6.07) is 9.91. The zero-order valence-corrected chi connectivity index (χ0v) is 26.7. The summed E-state index contributed by atoms with van der Waals surface area (Å²) in [5, 5.41) is 3.39. The summed E-state index contributed by atoms with van der Waals surface area (Å²) in [6.07, 6.45) is 7.49. The van der Waals surface area contributed by atoms with Gasteiger partial charge in [-0.05, 0) is 90.1 Å². The normalized spacial score (nSPS) is 15.2. The van der Waals surface area contributed by atoms with Gasteiger partial charge in [0.15, 0.2) is 5.43 Å². The lowest BCUT2D eigenvalue weighted by Crippen LogP contribution is -2.25. The highest BCUT2D eigenvalue weighted by molar-refractivity contribution is 7.48. The number of rotatable bonds is 10. The van der Waals surface area contributed by atoms with Gasteiger partial charge in [-0.1, -0.05) is 31.4 Å². The first-order valence-corrected chi connectivity index (χ1v) is 16.0. The number of hydrogen-bond donors (Lipinski definition) is 1. The van der Waals surface area contributed by atoms with Crippen molar-refractivity contribution in [3.05, 3.63) is 58.6 Å². The monoisotopic (exact) mass is 602 g/mol. The Morgan fingerprint density at radius 1 is 0.952 bits per heavy atom. The quantitative estimate of drug-likeness (QED) is 0.233. The first-order chi connectivity index (χ1) is 19.7. The zero-order chi connectivity index (χ0) is 30.7. The fourth-order valence-electron chi connectivity index (χ4n) is 5.24. The molecule has 0 aliphatic heterocycles. The summed E-state index contributed by atoms with van der Waals surface area (Å²) in [4.78, 5) is 13.8. The average molecular weight is 603 g/mol. The van der Waals surface area contributed by atoms with E-state index < -0.39 is 30.3 Å². The lowest BCUT2D eigenvalue weighted by molar-refractivity contribution is -0.00567. The lowest BCUT2D eigenvalue weighted by atomic mass is 9.89. The third-order valence-electron chi connectivity index (χ3n) is 7.00. The van der Waals surface area contributed by atoms with Crippen molar-refractivity contribution in [2.24, 2.45) is 5.92 Å². The Morgan fingerprint density at radius 2 is 1.57 bits per heavy atom. The minimum atomic E-state index is -4.11. The van der Waals surface area contributed by atoms with Gasteiger partial charge in [0.1, 0.15) is 18.3 Å². The van der Waals surface area contributed by atoms with Crippen LogP contribution in [0, 0.1) is 11.7 Å². The van der Waals surface area contributed by atoms with E-state index >= 15 is 4.39 Å². The van der Waals surface area contributed by atoms with Gasteiger partial charge < -0.3 is 14.6 Å². The Bertz CT molecular complexity index is 1460. The number of benzene rings is 2. The standard InChI is InChI=1S/C32H44FN2O6P/c1-31(2,3)40-42(37,41-32(4,5)6)39-21-35-20-25(23-13-15-24(38-7)16-14-23)30(36)28-26(33)17-18-27(29(28)35)34-19-22-11-9-8-10-12-22/h13-18,20,22,34H,8-12,19,21H2,1-7H3. The van der Waals surface area contributed by atoms with Gasteiger partial charge in [0.2, 0.25) is 0 Å². The molecule has 10 heteroatoms. The van der Waals surface area contributed by atoms with Crippen molar-refractivity contribution in [3.63, 3.8) is 0 Å². The molecule has 1 aliphatic rings. The predicted octanol–water partition coefficient (Wildman–Crippen LogP) is 8.52. The Labute approximate surface area is 248 Å². The summed E-state index contributed by atoms with van der Waals surface area (Å²) in [7, 11) is -2.55. The highest BCUT2D eigenvalue weighted by atomic mass is 31.2. The number of phosphoric acid groups is 1. The second kappa shape index (κ2) is 12.9. The van der Waals surface area contributed by atoms with Crippen LogP contribution in [-0.4, -0.2) is 29.4 Å². The first kappa shape index (κ1) is 32.2. The van der Waals surface area contributed by atoms with Crippen molar-refractivity contribution in [1.29, 1.82) is 0 Å². The van der Waals surface area contributed by atoms with Crippen LogP contribution in [-0.2, 0) is 24.9 Å². The van der Waals surface area contributed by atoms with Crippen LogP contribution in [0.3, 0.4) is 0 Å². The number of ether oxygens (including phenoxy) is 1. The number of halogens is 1. The van der Waals surface area contributed by atoms with Gasteiger partial charge in [-0.15, -0.1) is 0 Å². The summed E-state index contributed by atoms with van der Waals surface area (Å²) in [6.45, 7) is 10.9. The molecule has 0 radical (unpaired) electrons. The topological polar surface area (TPSA) is 88.0 Å². The molecule has 1 heterocycles. The molecule has 8 nitrogen and oxygen atoms in total. The van der Waals surface area contributed by atoms with Gasteiger partial charge in [-0.3, -0.25) is 18.4 Å². The van der Waals surface area contributed by atoms with Crippen LogP contribution in [0.4, 0.5) is 10.1 Å². The number of methoxy groups -OCH3 is 1. The van der Waals surface area contributed by atoms with E-state index in [2.05, 4.69) is 5.32 Å². The van der Waals surface area contributed by atoms with Crippen molar-refractivity contribution in [3.8, 4) is 16.9 Å². The van der Waals surface area contributed by atoms with E-state index in [9.17, 15) is 9.36 Å². The molecule has 0 amide bonds. The molecule has 4 rings (SSSR count). The minimum absolute atomic E-state index is 0.0797.